The largest absolute Gasteiger partial charge is 0.480 e. The molecule has 1 aromatic carbocycles. The van der Waals surface area contributed by atoms with Gasteiger partial charge in [0.05, 0.1) is 0 Å². The first kappa shape index (κ1) is 14.4. The van der Waals surface area contributed by atoms with Crippen LogP contribution in [0.1, 0.15) is 31.0 Å². The summed E-state index contributed by atoms with van der Waals surface area (Å²) in [5, 5.41) is 12.3. The Labute approximate surface area is 118 Å². The van der Waals surface area contributed by atoms with E-state index in [-0.39, 0.29) is 6.04 Å². The first-order valence-corrected chi connectivity index (χ1v) is 7.87. The summed E-state index contributed by atoms with van der Waals surface area (Å²) in [6, 6.07) is 8.28. The number of hydrogen-bond acceptors (Lipinski definition) is 3. The third-order valence-corrected chi connectivity index (χ3v) is 4.43. The topological polar surface area (TPSA) is 49.3 Å². The Hall–Kier alpha value is -1.00. The Morgan fingerprint density at radius 1 is 1.37 bits per heavy atom. The normalized spacial score (nSPS) is 23.5. The number of thioether (sulfide) groups is 1. The maximum Gasteiger partial charge on any atom is 0.321 e. The predicted octanol–water partition coefficient (Wildman–Crippen LogP) is 2.72. The molecule has 1 aromatic rings. The van der Waals surface area contributed by atoms with Crippen molar-refractivity contribution in [2.75, 3.05) is 11.5 Å². The highest BCUT2D eigenvalue weighted by atomic mass is 32.2. The molecule has 0 aliphatic carbocycles. The number of hydrogen-bond donors (Lipinski definition) is 2. The molecule has 1 fully saturated rings. The molecule has 2 N–H and O–H groups in total. The van der Waals surface area contributed by atoms with Gasteiger partial charge in [-0.15, -0.1) is 0 Å². The van der Waals surface area contributed by atoms with Crippen LogP contribution >= 0.6 is 11.8 Å². The Morgan fingerprint density at radius 3 is 2.63 bits per heavy atom. The second-order valence-electron chi connectivity index (χ2n) is 5.49. The smallest absolute Gasteiger partial charge is 0.321 e. The number of rotatable bonds is 4. The average Bonchev–Trinajstić information content (AvgIpc) is 2.39. The van der Waals surface area contributed by atoms with Gasteiger partial charge in [-0.3, -0.25) is 10.1 Å². The minimum atomic E-state index is -0.756. The van der Waals surface area contributed by atoms with Gasteiger partial charge in [-0.05, 0) is 23.5 Å². The molecule has 0 amide bonds. The summed E-state index contributed by atoms with van der Waals surface area (Å²) in [7, 11) is 0. The van der Waals surface area contributed by atoms with Gasteiger partial charge in [0.15, 0.2) is 0 Å². The Kier molecular flexibility index (Phi) is 4.88. The zero-order valence-electron chi connectivity index (χ0n) is 11.4. The highest BCUT2D eigenvalue weighted by molar-refractivity contribution is 7.99. The fourth-order valence-electron chi connectivity index (χ4n) is 2.34. The van der Waals surface area contributed by atoms with Crippen molar-refractivity contribution in [2.45, 2.75) is 32.4 Å². The molecule has 1 saturated heterocycles. The minimum absolute atomic E-state index is 0.146. The lowest BCUT2D eigenvalue weighted by atomic mass is 9.99. The van der Waals surface area contributed by atoms with Crippen LogP contribution in [-0.2, 0) is 11.2 Å². The zero-order valence-corrected chi connectivity index (χ0v) is 12.2. The van der Waals surface area contributed by atoms with Crippen molar-refractivity contribution in [1.82, 2.24) is 5.32 Å². The van der Waals surface area contributed by atoms with E-state index >= 15 is 0 Å². The summed E-state index contributed by atoms with van der Waals surface area (Å²) >= 11 is 1.71. The van der Waals surface area contributed by atoms with E-state index in [9.17, 15) is 4.79 Å². The van der Waals surface area contributed by atoms with Crippen LogP contribution < -0.4 is 5.32 Å². The molecular weight excluding hydrogens is 258 g/mol. The lowest BCUT2D eigenvalue weighted by Crippen LogP contribution is -2.45. The molecule has 1 aliphatic rings. The molecule has 104 valence electrons. The molecule has 19 heavy (non-hydrogen) atoms. The number of nitrogens with one attached hydrogen (secondary N) is 1. The van der Waals surface area contributed by atoms with E-state index in [0.717, 1.165) is 12.2 Å². The molecule has 1 aliphatic heterocycles. The quantitative estimate of drug-likeness (QED) is 0.890. The van der Waals surface area contributed by atoms with Gasteiger partial charge < -0.3 is 5.11 Å². The number of benzene rings is 1. The number of carboxylic acids is 1. The van der Waals surface area contributed by atoms with Gasteiger partial charge in [-0.25, -0.2) is 0 Å². The second kappa shape index (κ2) is 6.44. The summed E-state index contributed by atoms with van der Waals surface area (Å²) in [6.07, 6.45) is 1.09. The van der Waals surface area contributed by atoms with Crippen molar-refractivity contribution < 1.29 is 9.90 Å². The van der Waals surface area contributed by atoms with E-state index in [1.807, 2.05) is 0 Å². The fourth-order valence-corrected chi connectivity index (χ4v) is 3.47. The Balaban J connectivity index is 2.03. The summed E-state index contributed by atoms with van der Waals surface area (Å²) in [5.41, 5.74) is 2.53. The van der Waals surface area contributed by atoms with Gasteiger partial charge in [0.1, 0.15) is 6.04 Å². The highest BCUT2D eigenvalue weighted by Gasteiger charge is 2.27. The van der Waals surface area contributed by atoms with E-state index in [0.29, 0.717) is 11.7 Å². The third kappa shape index (κ3) is 3.98. The van der Waals surface area contributed by atoms with Crippen LogP contribution in [0.2, 0.25) is 0 Å². The number of carboxylic acid groups (broad SMARTS) is 1. The molecule has 0 radical (unpaired) electrons. The maximum atomic E-state index is 11.0. The number of aliphatic carboxylic acids is 1. The minimum Gasteiger partial charge on any atom is -0.480 e. The molecule has 2 unspecified atom stereocenters. The summed E-state index contributed by atoms with van der Waals surface area (Å²) in [4.78, 5) is 11.0. The SMILES string of the molecule is CC(C)Cc1ccc(C2CSCC(C(=O)O)N2)cc1. The molecular formula is C15H21NO2S. The standard InChI is InChI=1S/C15H21NO2S/c1-10(2)7-11-3-5-12(6-4-11)13-8-19-9-14(16-13)15(17)18/h3-6,10,13-14,16H,7-9H2,1-2H3,(H,17,18). The molecule has 2 atom stereocenters. The monoisotopic (exact) mass is 279 g/mol. The zero-order chi connectivity index (χ0) is 13.8. The summed E-state index contributed by atoms with van der Waals surface area (Å²) < 4.78 is 0. The van der Waals surface area contributed by atoms with E-state index in [1.54, 1.807) is 11.8 Å². The van der Waals surface area contributed by atoms with Crippen molar-refractivity contribution in [1.29, 1.82) is 0 Å². The fraction of sp³-hybridized carbons (Fsp3) is 0.533. The Morgan fingerprint density at radius 2 is 2.05 bits per heavy atom. The van der Waals surface area contributed by atoms with Crippen LogP contribution in [0.15, 0.2) is 24.3 Å². The lowest BCUT2D eigenvalue weighted by Gasteiger charge is -2.28. The molecule has 2 rings (SSSR count). The van der Waals surface area contributed by atoms with E-state index in [1.165, 1.54) is 11.1 Å². The van der Waals surface area contributed by atoms with E-state index in [4.69, 9.17) is 5.11 Å². The van der Waals surface area contributed by atoms with Crippen LogP contribution in [-0.4, -0.2) is 28.6 Å². The summed E-state index contributed by atoms with van der Waals surface area (Å²) in [5.74, 6) is 1.49. The maximum absolute atomic E-state index is 11.0. The van der Waals surface area contributed by atoms with Crippen LogP contribution in [0.3, 0.4) is 0 Å². The van der Waals surface area contributed by atoms with Crippen molar-refractivity contribution in [3.8, 4) is 0 Å². The van der Waals surface area contributed by atoms with Gasteiger partial charge in [0.25, 0.3) is 0 Å². The van der Waals surface area contributed by atoms with Gasteiger partial charge in [0.2, 0.25) is 0 Å². The molecule has 4 heteroatoms. The molecule has 0 spiro atoms. The van der Waals surface area contributed by atoms with Crippen molar-refractivity contribution in [3.63, 3.8) is 0 Å². The lowest BCUT2D eigenvalue weighted by molar-refractivity contribution is -0.139. The molecule has 0 bridgehead atoms. The first-order valence-electron chi connectivity index (χ1n) is 6.71. The highest BCUT2D eigenvalue weighted by Crippen LogP contribution is 2.25. The van der Waals surface area contributed by atoms with Crippen molar-refractivity contribution >= 4 is 17.7 Å². The first-order chi connectivity index (χ1) is 9.06. The number of carbonyl (C=O) groups is 1. The molecule has 1 heterocycles. The van der Waals surface area contributed by atoms with Crippen LogP contribution in [0.25, 0.3) is 0 Å². The second-order valence-corrected chi connectivity index (χ2v) is 6.56. The van der Waals surface area contributed by atoms with Gasteiger partial charge in [-0.2, -0.15) is 11.8 Å². The molecule has 3 nitrogen and oxygen atoms in total. The Bertz CT molecular complexity index is 430. The van der Waals surface area contributed by atoms with E-state index in [2.05, 4.69) is 43.4 Å². The van der Waals surface area contributed by atoms with Crippen LogP contribution in [0.5, 0.6) is 0 Å². The van der Waals surface area contributed by atoms with Gasteiger partial charge >= 0.3 is 5.97 Å². The third-order valence-electron chi connectivity index (χ3n) is 3.30. The molecule has 0 aromatic heterocycles. The predicted molar refractivity (Wildman–Crippen MR) is 79.6 cm³/mol. The molecule has 0 saturated carbocycles. The summed E-state index contributed by atoms with van der Waals surface area (Å²) in [6.45, 7) is 4.43. The van der Waals surface area contributed by atoms with Crippen molar-refractivity contribution in [3.05, 3.63) is 35.4 Å². The van der Waals surface area contributed by atoms with Gasteiger partial charge in [-0.1, -0.05) is 38.1 Å². The average molecular weight is 279 g/mol. The van der Waals surface area contributed by atoms with Crippen LogP contribution in [0.4, 0.5) is 0 Å². The van der Waals surface area contributed by atoms with Gasteiger partial charge in [0, 0.05) is 17.5 Å². The van der Waals surface area contributed by atoms with Crippen LogP contribution in [0, 0.1) is 5.92 Å². The van der Waals surface area contributed by atoms with E-state index < -0.39 is 12.0 Å². The van der Waals surface area contributed by atoms with Crippen molar-refractivity contribution in [2.24, 2.45) is 5.92 Å².